The third kappa shape index (κ3) is 4.60. The Morgan fingerprint density at radius 2 is 1.74 bits per heavy atom. The van der Waals surface area contributed by atoms with Crippen LogP contribution >= 0.6 is 0 Å². The van der Waals surface area contributed by atoms with Crippen molar-refractivity contribution < 1.29 is 0 Å². The van der Waals surface area contributed by atoms with Crippen molar-refractivity contribution in [2.24, 2.45) is 5.73 Å². The highest BCUT2D eigenvalue weighted by molar-refractivity contribution is 5.36. The van der Waals surface area contributed by atoms with Crippen molar-refractivity contribution in [2.45, 2.75) is 33.7 Å². The zero-order valence-corrected chi connectivity index (χ0v) is 12.9. The van der Waals surface area contributed by atoms with Crippen molar-refractivity contribution in [3.05, 3.63) is 34.9 Å². The van der Waals surface area contributed by atoms with Crippen LogP contribution in [0.25, 0.3) is 0 Å². The van der Waals surface area contributed by atoms with Gasteiger partial charge in [0.05, 0.1) is 0 Å². The van der Waals surface area contributed by atoms with Crippen molar-refractivity contribution in [3.63, 3.8) is 0 Å². The Kier molecular flexibility index (Phi) is 7.06. The van der Waals surface area contributed by atoms with Crippen LogP contribution in [0.3, 0.4) is 0 Å². The van der Waals surface area contributed by atoms with Crippen LogP contribution in [0.4, 0.5) is 0 Å². The average molecular weight is 263 g/mol. The summed E-state index contributed by atoms with van der Waals surface area (Å²) in [5.41, 5.74) is 9.96. The molecule has 0 heterocycles. The van der Waals surface area contributed by atoms with E-state index in [2.05, 4.69) is 56.1 Å². The number of benzene rings is 1. The fraction of sp³-hybridized carbons (Fsp3) is 0.625. The van der Waals surface area contributed by atoms with Crippen molar-refractivity contribution in [1.82, 2.24) is 10.2 Å². The number of likely N-dealkylation sites (N-methyl/N-ethyl adjacent to an activating group) is 1. The summed E-state index contributed by atoms with van der Waals surface area (Å²) in [6, 6.07) is 6.70. The van der Waals surface area contributed by atoms with Crippen molar-refractivity contribution in [1.29, 1.82) is 0 Å². The topological polar surface area (TPSA) is 41.3 Å². The molecule has 1 unspecified atom stereocenters. The first kappa shape index (κ1) is 16.2. The molecule has 0 aliphatic heterocycles. The lowest BCUT2D eigenvalue weighted by Gasteiger charge is -2.24. The number of nitrogens with one attached hydrogen (secondary N) is 1. The predicted molar refractivity (Wildman–Crippen MR) is 83.5 cm³/mol. The molecule has 3 heteroatoms. The van der Waals surface area contributed by atoms with Crippen LogP contribution in [0.1, 0.15) is 36.6 Å². The molecule has 0 saturated heterocycles. The first-order valence-corrected chi connectivity index (χ1v) is 7.35. The Hall–Kier alpha value is -0.900. The SMILES string of the molecule is CCN(CC)CCNC(CN)c1c(C)cccc1C. The molecule has 0 radical (unpaired) electrons. The molecule has 1 atom stereocenters. The average Bonchev–Trinajstić information content (AvgIpc) is 2.41. The lowest BCUT2D eigenvalue weighted by atomic mass is 9.96. The Morgan fingerprint density at radius 3 is 2.21 bits per heavy atom. The van der Waals surface area contributed by atoms with Crippen LogP contribution in [0.5, 0.6) is 0 Å². The summed E-state index contributed by atoms with van der Waals surface area (Å²) in [5.74, 6) is 0. The van der Waals surface area contributed by atoms with Gasteiger partial charge in [0.1, 0.15) is 0 Å². The maximum atomic E-state index is 5.95. The molecule has 0 saturated carbocycles. The normalized spacial score (nSPS) is 12.9. The Bertz CT molecular complexity index is 352. The zero-order valence-electron chi connectivity index (χ0n) is 12.9. The highest BCUT2D eigenvalue weighted by Crippen LogP contribution is 2.20. The monoisotopic (exact) mass is 263 g/mol. The molecule has 3 N–H and O–H groups in total. The molecule has 19 heavy (non-hydrogen) atoms. The molecular weight excluding hydrogens is 234 g/mol. The van der Waals surface area contributed by atoms with Gasteiger partial charge in [-0.15, -0.1) is 0 Å². The number of nitrogens with two attached hydrogens (primary N) is 1. The van der Waals surface area contributed by atoms with Crippen molar-refractivity contribution >= 4 is 0 Å². The van der Waals surface area contributed by atoms with Gasteiger partial charge in [-0.05, 0) is 43.6 Å². The zero-order chi connectivity index (χ0) is 14.3. The van der Waals surface area contributed by atoms with Crippen LogP contribution in [0.15, 0.2) is 18.2 Å². The van der Waals surface area contributed by atoms with Gasteiger partial charge in [0, 0.05) is 25.7 Å². The van der Waals surface area contributed by atoms with Gasteiger partial charge in [0.15, 0.2) is 0 Å². The van der Waals surface area contributed by atoms with E-state index in [0.29, 0.717) is 6.54 Å². The first-order valence-electron chi connectivity index (χ1n) is 7.35. The largest absolute Gasteiger partial charge is 0.329 e. The maximum absolute atomic E-state index is 5.95. The van der Waals surface area contributed by atoms with Gasteiger partial charge in [-0.25, -0.2) is 0 Å². The number of nitrogens with zero attached hydrogens (tertiary/aromatic N) is 1. The fourth-order valence-electron chi connectivity index (χ4n) is 2.62. The van der Waals surface area contributed by atoms with Crippen LogP contribution in [-0.2, 0) is 0 Å². The molecule has 0 aliphatic carbocycles. The van der Waals surface area contributed by atoms with Crippen LogP contribution < -0.4 is 11.1 Å². The molecule has 3 nitrogen and oxygen atoms in total. The first-order chi connectivity index (χ1) is 9.13. The van der Waals surface area contributed by atoms with Gasteiger partial charge < -0.3 is 16.0 Å². The molecule has 0 bridgehead atoms. The van der Waals surface area contributed by atoms with Gasteiger partial charge in [0.2, 0.25) is 0 Å². The maximum Gasteiger partial charge on any atom is 0.0450 e. The summed E-state index contributed by atoms with van der Waals surface area (Å²) in [6.07, 6.45) is 0. The minimum absolute atomic E-state index is 0.261. The highest BCUT2D eigenvalue weighted by Gasteiger charge is 2.13. The summed E-state index contributed by atoms with van der Waals surface area (Å²) >= 11 is 0. The van der Waals surface area contributed by atoms with E-state index in [1.165, 1.54) is 16.7 Å². The summed E-state index contributed by atoms with van der Waals surface area (Å²) in [5, 5.41) is 3.60. The van der Waals surface area contributed by atoms with Gasteiger partial charge in [-0.1, -0.05) is 32.0 Å². The Labute approximate surface area is 118 Å². The minimum Gasteiger partial charge on any atom is -0.329 e. The molecule has 1 rings (SSSR count). The second-order valence-electron chi connectivity index (χ2n) is 5.07. The quantitative estimate of drug-likeness (QED) is 0.756. The third-order valence-corrected chi connectivity index (χ3v) is 3.84. The summed E-state index contributed by atoms with van der Waals surface area (Å²) in [6.45, 7) is 13.7. The molecule has 0 aliphatic rings. The molecule has 0 fully saturated rings. The summed E-state index contributed by atoms with van der Waals surface area (Å²) in [4.78, 5) is 2.42. The van der Waals surface area contributed by atoms with Crippen molar-refractivity contribution in [2.75, 3.05) is 32.7 Å². The lowest BCUT2D eigenvalue weighted by Crippen LogP contribution is -2.36. The molecule has 108 valence electrons. The highest BCUT2D eigenvalue weighted by atomic mass is 15.1. The molecule has 1 aromatic rings. The van der Waals surface area contributed by atoms with Crippen LogP contribution in [0.2, 0.25) is 0 Å². The lowest BCUT2D eigenvalue weighted by molar-refractivity contribution is 0.296. The van der Waals surface area contributed by atoms with Crippen LogP contribution in [0, 0.1) is 13.8 Å². The Morgan fingerprint density at radius 1 is 1.16 bits per heavy atom. The second kappa shape index (κ2) is 8.31. The van der Waals surface area contributed by atoms with E-state index >= 15 is 0 Å². The van der Waals surface area contributed by atoms with E-state index in [9.17, 15) is 0 Å². The number of aryl methyl sites for hydroxylation is 2. The van der Waals surface area contributed by atoms with E-state index < -0.39 is 0 Å². The summed E-state index contributed by atoms with van der Waals surface area (Å²) < 4.78 is 0. The molecule has 1 aromatic carbocycles. The fourth-order valence-corrected chi connectivity index (χ4v) is 2.62. The number of hydrogen-bond acceptors (Lipinski definition) is 3. The number of hydrogen-bond donors (Lipinski definition) is 2. The van der Waals surface area contributed by atoms with E-state index in [1.807, 2.05) is 0 Å². The van der Waals surface area contributed by atoms with Gasteiger partial charge in [0.25, 0.3) is 0 Å². The van der Waals surface area contributed by atoms with Gasteiger partial charge in [-0.2, -0.15) is 0 Å². The van der Waals surface area contributed by atoms with E-state index in [-0.39, 0.29) is 6.04 Å². The van der Waals surface area contributed by atoms with Crippen molar-refractivity contribution in [3.8, 4) is 0 Å². The minimum atomic E-state index is 0.261. The van der Waals surface area contributed by atoms with E-state index in [1.54, 1.807) is 0 Å². The predicted octanol–water partition coefficient (Wildman–Crippen LogP) is 2.23. The molecular formula is C16H29N3. The standard InChI is InChI=1S/C16H29N3/c1-5-19(6-2)11-10-18-15(12-17)16-13(3)8-7-9-14(16)4/h7-9,15,18H,5-6,10-12,17H2,1-4H3. The number of rotatable bonds is 8. The van der Waals surface area contributed by atoms with Crippen LogP contribution in [-0.4, -0.2) is 37.6 Å². The second-order valence-corrected chi connectivity index (χ2v) is 5.07. The molecule has 0 amide bonds. The Balaban J connectivity index is 2.63. The third-order valence-electron chi connectivity index (χ3n) is 3.84. The van der Waals surface area contributed by atoms with E-state index in [4.69, 9.17) is 5.73 Å². The molecule has 0 aromatic heterocycles. The molecule has 0 spiro atoms. The van der Waals surface area contributed by atoms with Gasteiger partial charge in [-0.3, -0.25) is 0 Å². The smallest absolute Gasteiger partial charge is 0.0450 e. The van der Waals surface area contributed by atoms with Gasteiger partial charge >= 0.3 is 0 Å². The van der Waals surface area contributed by atoms with E-state index in [0.717, 1.165) is 26.2 Å². The summed E-state index contributed by atoms with van der Waals surface area (Å²) in [7, 11) is 0.